The Morgan fingerprint density at radius 3 is 0.869 bits per heavy atom. The largest absolute Gasteiger partial charge is 0.477 e. The highest BCUT2D eigenvalue weighted by Gasteiger charge is 2.25. The number of hydrogen-bond acceptors (Lipinski definition) is 7. The highest BCUT2D eigenvalue weighted by atomic mass is 16.7. The third-order valence-electron chi connectivity index (χ3n) is 18.8. The normalized spacial score (nSPS) is 13.1. The van der Waals surface area contributed by atoms with Crippen molar-refractivity contribution in [2.45, 2.75) is 411 Å². The van der Waals surface area contributed by atoms with E-state index < -0.39 is 24.3 Å². The van der Waals surface area contributed by atoms with Crippen LogP contribution in [0.2, 0.25) is 0 Å². The van der Waals surface area contributed by atoms with Crippen LogP contribution in [0.4, 0.5) is 0 Å². The van der Waals surface area contributed by atoms with Crippen LogP contribution in [0.1, 0.15) is 399 Å². The SMILES string of the molecule is CC/C=C\C/C=C\C/C=C\C/C=C\C/C=C\C/C=C\C/C=C\CCCCCCCCCCCCCCCC(=O)OC(COC(=O)CCCCCCCCCCCCCCCCCCCCCCCCCCCCC/C=C\CCCCCCCCCC)COC(OCC[N+](C)(C)C)C(=O)O. The lowest BCUT2D eigenvalue weighted by molar-refractivity contribution is -0.870. The molecule has 0 bridgehead atoms. The van der Waals surface area contributed by atoms with Crippen LogP contribution in [0.3, 0.4) is 0 Å². The number of rotatable bonds is 79. The molecule has 0 saturated heterocycles. The van der Waals surface area contributed by atoms with Crippen LogP contribution < -0.4 is 0 Å². The number of hydrogen-bond donors (Lipinski definition) is 1. The van der Waals surface area contributed by atoms with Crippen molar-refractivity contribution in [3.8, 4) is 0 Å². The summed E-state index contributed by atoms with van der Waals surface area (Å²) in [5.41, 5.74) is 0. The molecule has 0 aromatic carbocycles. The molecule has 574 valence electrons. The van der Waals surface area contributed by atoms with Crippen LogP contribution in [0.15, 0.2) is 97.2 Å². The smallest absolute Gasteiger partial charge is 0.361 e. The molecular weight excluding hydrogens is 1220 g/mol. The Hall–Kier alpha value is -3.79. The summed E-state index contributed by atoms with van der Waals surface area (Å²) >= 11 is 0. The minimum atomic E-state index is -1.51. The molecule has 2 atom stereocenters. The summed E-state index contributed by atoms with van der Waals surface area (Å²) < 4.78 is 23.1. The van der Waals surface area contributed by atoms with Gasteiger partial charge in [0.05, 0.1) is 34.4 Å². The lowest BCUT2D eigenvalue weighted by Gasteiger charge is -2.25. The van der Waals surface area contributed by atoms with E-state index in [1.165, 1.54) is 289 Å². The predicted octanol–water partition coefficient (Wildman–Crippen LogP) is 27.5. The zero-order valence-corrected chi connectivity index (χ0v) is 65.9. The Morgan fingerprint density at radius 2 is 0.576 bits per heavy atom. The van der Waals surface area contributed by atoms with E-state index >= 15 is 0 Å². The van der Waals surface area contributed by atoms with E-state index in [0.717, 1.165) is 83.5 Å². The summed E-state index contributed by atoms with van der Waals surface area (Å²) in [7, 11) is 5.99. The number of carbonyl (C=O) groups excluding carboxylic acids is 2. The molecule has 2 unspecified atom stereocenters. The standard InChI is InChI=1S/C90H161NO8/c1-6-8-10-12-14-16-18-20-22-24-26-28-30-32-34-36-38-40-42-43-44-45-47-48-50-52-54-56-58-60-62-64-66-68-70-72-74-76-78-80-87(92)97-84-86(85-98-90(89(94)95)96-83-82-91(3,4)5)99-88(93)81-79-77-75-73-71-69-67-65-63-61-59-57-55-53-51-49-46-41-39-37-35-33-31-29-27-25-23-21-19-17-15-13-11-9-7-2/h9,11,15,17,21,23-24,26-27,29,33,35,39,41,49,51,86,90H,6-8,10,12-14,16,18-20,22,25,28,30-32,34,36-38,40,42-48,50,52-85H2,1-5H3/p+1/b11-9-,17-15-,23-21-,26-24-,29-27-,35-33-,41-39-,51-49-. The molecular formula is C90H162NO8+. The molecule has 0 aliphatic rings. The van der Waals surface area contributed by atoms with E-state index in [1.54, 1.807) is 0 Å². The topological polar surface area (TPSA) is 108 Å². The molecule has 0 fully saturated rings. The van der Waals surface area contributed by atoms with Gasteiger partial charge in [-0.15, -0.1) is 0 Å². The van der Waals surface area contributed by atoms with Gasteiger partial charge in [0, 0.05) is 12.8 Å². The summed E-state index contributed by atoms with van der Waals surface area (Å²) in [6.45, 7) is 4.81. The predicted molar refractivity (Wildman–Crippen MR) is 429 cm³/mol. The maximum absolute atomic E-state index is 13.0. The second-order valence-corrected chi connectivity index (χ2v) is 29.8. The van der Waals surface area contributed by atoms with Gasteiger partial charge in [0.1, 0.15) is 13.2 Å². The van der Waals surface area contributed by atoms with E-state index in [2.05, 4.69) is 111 Å². The number of carbonyl (C=O) groups is 3. The zero-order chi connectivity index (χ0) is 71.8. The minimum absolute atomic E-state index is 0.181. The van der Waals surface area contributed by atoms with Crippen molar-refractivity contribution in [3.05, 3.63) is 97.2 Å². The number of esters is 2. The molecule has 0 aromatic rings. The molecule has 0 aromatic heterocycles. The van der Waals surface area contributed by atoms with Crippen molar-refractivity contribution in [2.24, 2.45) is 0 Å². The molecule has 99 heavy (non-hydrogen) atoms. The number of quaternary nitrogens is 1. The fraction of sp³-hybridized carbons (Fsp3) is 0.789. The van der Waals surface area contributed by atoms with Gasteiger partial charge >= 0.3 is 17.9 Å². The van der Waals surface area contributed by atoms with E-state index in [-0.39, 0.29) is 32.2 Å². The monoisotopic (exact) mass is 1390 g/mol. The van der Waals surface area contributed by atoms with Gasteiger partial charge in [-0.3, -0.25) is 9.59 Å². The van der Waals surface area contributed by atoms with Gasteiger partial charge in [-0.25, -0.2) is 4.79 Å². The van der Waals surface area contributed by atoms with Gasteiger partial charge in [-0.1, -0.05) is 387 Å². The van der Waals surface area contributed by atoms with Gasteiger partial charge in [-0.2, -0.15) is 0 Å². The molecule has 0 spiro atoms. The Balaban J connectivity index is 3.97. The van der Waals surface area contributed by atoms with Crippen molar-refractivity contribution in [3.63, 3.8) is 0 Å². The fourth-order valence-electron chi connectivity index (χ4n) is 12.4. The molecule has 0 amide bonds. The average molecular weight is 1390 g/mol. The van der Waals surface area contributed by atoms with Crippen molar-refractivity contribution in [1.29, 1.82) is 0 Å². The molecule has 9 nitrogen and oxygen atoms in total. The number of nitrogens with zero attached hydrogens (tertiary/aromatic N) is 1. The number of carboxylic acids is 1. The van der Waals surface area contributed by atoms with E-state index in [1.807, 2.05) is 21.1 Å². The second kappa shape index (κ2) is 79.9. The summed E-state index contributed by atoms with van der Waals surface area (Å²) in [6, 6.07) is 0. The van der Waals surface area contributed by atoms with Gasteiger partial charge in [0.15, 0.2) is 6.10 Å². The van der Waals surface area contributed by atoms with Gasteiger partial charge in [0.25, 0.3) is 6.29 Å². The summed E-state index contributed by atoms with van der Waals surface area (Å²) in [5, 5.41) is 9.78. The van der Waals surface area contributed by atoms with E-state index in [4.69, 9.17) is 18.9 Å². The third-order valence-corrected chi connectivity index (χ3v) is 18.8. The first-order valence-electron chi connectivity index (χ1n) is 42.4. The summed E-state index contributed by atoms with van der Waals surface area (Å²) in [6.07, 6.45) is 109. The third kappa shape index (κ3) is 81.4. The van der Waals surface area contributed by atoms with Crippen molar-refractivity contribution >= 4 is 17.9 Å². The maximum atomic E-state index is 13.0. The summed E-state index contributed by atoms with van der Waals surface area (Å²) in [4.78, 5) is 37.8. The molecule has 0 radical (unpaired) electrons. The molecule has 0 rings (SSSR count). The molecule has 1 N–H and O–H groups in total. The Kier molecular flexibility index (Phi) is 76.8. The van der Waals surface area contributed by atoms with Gasteiger partial charge in [-0.05, 0) is 96.3 Å². The minimum Gasteiger partial charge on any atom is -0.477 e. The zero-order valence-electron chi connectivity index (χ0n) is 65.9. The first-order chi connectivity index (χ1) is 48.6. The van der Waals surface area contributed by atoms with Crippen molar-refractivity contribution in [1.82, 2.24) is 0 Å². The van der Waals surface area contributed by atoms with Crippen LogP contribution in [-0.2, 0) is 33.3 Å². The van der Waals surface area contributed by atoms with E-state index in [0.29, 0.717) is 17.4 Å². The van der Waals surface area contributed by atoms with Crippen molar-refractivity contribution in [2.75, 3.05) is 47.5 Å². The first kappa shape index (κ1) is 95.2. The van der Waals surface area contributed by atoms with Crippen LogP contribution in [0.25, 0.3) is 0 Å². The highest BCUT2D eigenvalue weighted by Crippen LogP contribution is 2.20. The molecule has 0 saturated carbocycles. The number of carboxylic acid groups (broad SMARTS) is 1. The Bertz CT molecular complexity index is 1960. The van der Waals surface area contributed by atoms with Crippen LogP contribution in [0.5, 0.6) is 0 Å². The Labute approximate surface area is 613 Å². The number of aliphatic carboxylic acids is 1. The Morgan fingerprint density at radius 1 is 0.313 bits per heavy atom. The quantitative estimate of drug-likeness (QED) is 0.0211. The molecule has 0 aliphatic heterocycles. The van der Waals surface area contributed by atoms with Gasteiger partial charge in [0.2, 0.25) is 0 Å². The van der Waals surface area contributed by atoms with Crippen LogP contribution in [0, 0.1) is 0 Å². The molecule has 0 heterocycles. The highest BCUT2D eigenvalue weighted by molar-refractivity contribution is 5.71. The number of unbranched alkanes of at least 4 members (excludes halogenated alkanes) is 48. The number of ether oxygens (including phenoxy) is 4. The molecule has 9 heteroatoms. The fourth-order valence-corrected chi connectivity index (χ4v) is 12.4. The lowest BCUT2D eigenvalue weighted by atomic mass is 10.0. The maximum Gasteiger partial charge on any atom is 0.361 e. The van der Waals surface area contributed by atoms with Crippen LogP contribution >= 0.6 is 0 Å². The van der Waals surface area contributed by atoms with Crippen LogP contribution in [-0.4, -0.2) is 87.4 Å². The van der Waals surface area contributed by atoms with E-state index in [9.17, 15) is 19.5 Å². The number of allylic oxidation sites excluding steroid dienone is 16. The second-order valence-electron chi connectivity index (χ2n) is 29.8. The lowest BCUT2D eigenvalue weighted by Crippen LogP contribution is -2.40. The molecule has 0 aliphatic carbocycles. The number of likely N-dealkylation sites (N-methyl/N-ethyl adjacent to an activating group) is 1. The summed E-state index contributed by atoms with van der Waals surface area (Å²) in [5.74, 6) is -1.99. The average Bonchev–Trinajstić information content (AvgIpc) is 1.16. The first-order valence-corrected chi connectivity index (χ1v) is 42.4. The van der Waals surface area contributed by atoms with Gasteiger partial charge < -0.3 is 28.5 Å². The van der Waals surface area contributed by atoms with Crippen molar-refractivity contribution < 1.29 is 42.9 Å².